The van der Waals surface area contributed by atoms with Gasteiger partial charge >= 0.3 is 5.97 Å². The van der Waals surface area contributed by atoms with Gasteiger partial charge in [-0.25, -0.2) is 0 Å². The molecule has 4 N–H and O–H groups in total. The SMILES string of the molecule is C[C@@H](C(=O)O)c1cccc(CCNCCCNc2cccc(C#N)c2O)c1. The van der Waals surface area contributed by atoms with E-state index in [1.54, 1.807) is 25.1 Å². The van der Waals surface area contributed by atoms with Crippen molar-refractivity contribution in [2.24, 2.45) is 0 Å². The van der Waals surface area contributed by atoms with Crippen molar-refractivity contribution in [3.05, 3.63) is 59.2 Å². The van der Waals surface area contributed by atoms with Gasteiger partial charge in [0.1, 0.15) is 6.07 Å². The Hall–Kier alpha value is -3.04. The lowest BCUT2D eigenvalue weighted by Gasteiger charge is -2.11. The third kappa shape index (κ3) is 6.01. The normalized spacial score (nSPS) is 11.6. The number of nitriles is 1. The number of phenols is 1. The van der Waals surface area contributed by atoms with Gasteiger partial charge in [-0.1, -0.05) is 30.3 Å². The number of carboxylic acid groups (broad SMARTS) is 1. The monoisotopic (exact) mass is 367 g/mol. The van der Waals surface area contributed by atoms with Crippen LogP contribution < -0.4 is 10.6 Å². The van der Waals surface area contributed by atoms with E-state index in [-0.39, 0.29) is 11.3 Å². The molecule has 0 aliphatic heterocycles. The standard InChI is InChI=1S/C21H25N3O3/c1-15(21(26)27)17-6-2-5-16(13-17)9-12-23-10-4-11-24-19-8-3-7-18(14-22)20(19)25/h2-3,5-8,13,15,23-25H,4,9-12H2,1H3,(H,26,27)/t15-/m1/s1. The van der Waals surface area contributed by atoms with Crippen LogP contribution >= 0.6 is 0 Å². The maximum atomic E-state index is 11.1. The number of carbonyl (C=O) groups is 1. The lowest BCUT2D eigenvalue weighted by Crippen LogP contribution is -2.20. The van der Waals surface area contributed by atoms with Crippen LogP contribution in [0.15, 0.2) is 42.5 Å². The molecule has 0 fully saturated rings. The second-order valence-corrected chi connectivity index (χ2v) is 6.40. The fourth-order valence-corrected chi connectivity index (χ4v) is 2.73. The Bertz CT molecular complexity index is 815. The zero-order chi connectivity index (χ0) is 19.6. The van der Waals surface area contributed by atoms with Gasteiger partial charge in [0.25, 0.3) is 0 Å². The van der Waals surface area contributed by atoms with E-state index in [2.05, 4.69) is 10.6 Å². The summed E-state index contributed by atoms with van der Waals surface area (Å²) in [6.45, 7) is 3.99. The van der Waals surface area contributed by atoms with Gasteiger partial charge in [0.2, 0.25) is 0 Å². The highest BCUT2D eigenvalue weighted by Gasteiger charge is 2.13. The van der Waals surface area contributed by atoms with Crippen molar-refractivity contribution in [2.45, 2.75) is 25.7 Å². The minimum Gasteiger partial charge on any atom is -0.504 e. The van der Waals surface area contributed by atoms with Gasteiger partial charge in [-0.15, -0.1) is 0 Å². The highest BCUT2D eigenvalue weighted by atomic mass is 16.4. The number of benzene rings is 2. The third-order valence-electron chi connectivity index (χ3n) is 4.41. The van der Waals surface area contributed by atoms with Crippen LogP contribution in [0.2, 0.25) is 0 Å². The van der Waals surface area contributed by atoms with E-state index in [1.165, 1.54) is 0 Å². The summed E-state index contributed by atoms with van der Waals surface area (Å²) in [5.74, 6) is -1.33. The predicted octanol–water partition coefficient (Wildman–Crippen LogP) is 3.09. The summed E-state index contributed by atoms with van der Waals surface area (Å²) >= 11 is 0. The number of nitrogens with zero attached hydrogens (tertiary/aromatic N) is 1. The van der Waals surface area contributed by atoms with E-state index in [0.29, 0.717) is 12.2 Å². The van der Waals surface area contributed by atoms with E-state index >= 15 is 0 Å². The van der Waals surface area contributed by atoms with Crippen molar-refractivity contribution in [2.75, 3.05) is 25.0 Å². The van der Waals surface area contributed by atoms with Crippen molar-refractivity contribution >= 4 is 11.7 Å². The number of hydrogen-bond donors (Lipinski definition) is 4. The average Bonchev–Trinajstić information content (AvgIpc) is 2.68. The first kappa shape index (κ1) is 20.3. The number of aromatic hydroxyl groups is 1. The lowest BCUT2D eigenvalue weighted by atomic mass is 9.98. The van der Waals surface area contributed by atoms with Crippen LogP contribution in [-0.4, -0.2) is 35.8 Å². The van der Waals surface area contributed by atoms with Crippen LogP contribution in [0.3, 0.4) is 0 Å². The van der Waals surface area contributed by atoms with Gasteiger partial charge in [-0.05, 0) is 56.1 Å². The van der Waals surface area contributed by atoms with E-state index in [9.17, 15) is 9.90 Å². The molecule has 0 aliphatic carbocycles. The summed E-state index contributed by atoms with van der Waals surface area (Å²) < 4.78 is 0. The first-order chi connectivity index (χ1) is 13.0. The number of nitrogens with one attached hydrogen (secondary N) is 2. The van der Waals surface area contributed by atoms with E-state index in [4.69, 9.17) is 10.4 Å². The molecule has 0 saturated heterocycles. The third-order valence-corrected chi connectivity index (χ3v) is 4.41. The smallest absolute Gasteiger partial charge is 0.310 e. The minimum atomic E-state index is -0.816. The largest absolute Gasteiger partial charge is 0.504 e. The molecule has 0 amide bonds. The first-order valence-electron chi connectivity index (χ1n) is 9.01. The molecule has 2 aromatic carbocycles. The Labute approximate surface area is 159 Å². The fraction of sp³-hybridized carbons (Fsp3) is 0.333. The van der Waals surface area contributed by atoms with Gasteiger partial charge in [-0.3, -0.25) is 4.79 Å². The highest BCUT2D eigenvalue weighted by Crippen LogP contribution is 2.26. The van der Waals surface area contributed by atoms with E-state index in [0.717, 1.165) is 37.1 Å². The van der Waals surface area contributed by atoms with Crippen molar-refractivity contribution < 1.29 is 15.0 Å². The Morgan fingerprint density at radius 1 is 1.19 bits per heavy atom. The minimum absolute atomic E-state index is 0.0107. The van der Waals surface area contributed by atoms with Crippen LogP contribution in [0.5, 0.6) is 5.75 Å². The van der Waals surface area contributed by atoms with Crippen LogP contribution in [-0.2, 0) is 11.2 Å². The molecule has 6 heteroatoms. The van der Waals surface area contributed by atoms with Crippen molar-refractivity contribution in [1.29, 1.82) is 5.26 Å². The molecule has 0 spiro atoms. The zero-order valence-electron chi connectivity index (χ0n) is 15.4. The molecule has 6 nitrogen and oxygen atoms in total. The number of carboxylic acids is 1. The topological polar surface area (TPSA) is 105 Å². The van der Waals surface area contributed by atoms with Gasteiger partial charge in [0.05, 0.1) is 17.2 Å². The molecule has 0 aliphatic rings. The Morgan fingerprint density at radius 3 is 2.70 bits per heavy atom. The van der Waals surface area contributed by atoms with Crippen molar-refractivity contribution in [3.63, 3.8) is 0 Å². The maximum absolute atomic E-state index is 11.1. The van der Waals surface area contributed by atoms with Crippen molar-refractivity contribution in [1.82, 2.24) is 5.32 Å². The van der Waals surface area contributed by atoms with Gasteiger partial charge in [0.15, 0.2) is 5.75 Å². The van der Waals surface area contributed by atoms with Gasteiger partial charge in [-0.2, -0.15) is 5.26 Å². The first-order valence-corrected chi connectivity index (χ1v) is 9.01. The van der Waals surface area contributed by atoms with Crippen LogP contribution in [0.1, 0.15) is 36.0 Å². The molecular weight excluding hydrogens is 342 g/mol. The highest BCUT2D eigenvalue weighted by molar-refractivity contribution is 5.75. The number of anilines is 1. The number of hydrogen-bond acceptors (Lipinski definition) is 5. The molecule has 0 heterocycles. The summed E-state index contributed by atoms with van der Waals surface area (Å²) in [6, 6.07) is 14.7. The second-order valence-electron chi connectivity index (χ2n) is 6.40. The summed E-state index contributed by atoms with van der Waals surface area (Å²) in [7, 11) is 0. The van der Waals surface area contributed by atoms with Crippen LogP contribution in [0.25, 0.3) is 0 Å². The molecule has 0 saturated carbocycles. The molecule has 0 unspecified atom stereocenters. The summed E-state index contributed by atoms with van der Waals surface area (Å²) in [5.41, 5.74) is 2.77. The predicted molar refractivity (Wildman–Crippen MR) is 105 cm³/mol. The summed E-state index contributed by atoms with van der Waals surface area (Å²) in [6.07, 6.45) is 1.70. The molecule has 142 valence electrons. The summed E-state index contributed by atoms with van der Waals surface area (Å²) in [5, 5.41) is 34.4. The molecule has 2 aromatic rings. The summed E-state index contributed by atoms with van der Waals surface area (Å²) in [4.78, 5) is 11.1. The molecule has 27 heavy (non-hydrogen) atoms. The quantitative estimate of drug-likeness (QED) is 0.380. The maximum Gasteiger partial charge on any atom is 0.310 e. The van der Waals surface area contributed by atoms with Crippen LogP contribution in [0.4, 0.5) is 5.69 Å². The molecule has 0 radical (unpaired) electrons. The van der Waals surface area contributed by atoms with Gasteiger partial charge in [0, 0.05) is 6.54 Å². The lowest BCUT2D eigenvalue weighted by molar-refractivity contribution is -0.138. The molecule has 0 bridgehead atoms. The number of para-hydroxylation sites is 1. The average molecular weight is 367 g/mol. The number of phenolic OH excluding ortho intramolecular Hbond substituents is 1. The molecular formula is C21H25N3O3. The fourth-order valence-electron chi connectivity index (χ4n) is 2.73. The molecule has 2 rings (SSSR count). The Balaban J connectivity index is 1.68. The zero-order valence-corrected chi connectivity index (χ0v) is 15.4. The number of aliphatic carboxylic acids is 1. The van der Waals surface area contributed by atoms with E-state index in [1.807, 2.05) is 30.3 Å². The Kier molecular flexibility index (Phi) is 7.65. The second kappa shape index (κ2) is 10.2. The Morgan fingerprint density at radius 2 is 1.96 bits per heavy atom. The van der Waals surface area contributed by atoms with E-state index < -0.39 is 11.9 Å². The van der Waals surface area contributed by atoms with Crippen LogP contribution in [0, 0.1) is 11.3 Å². The van der Waals surface area contributed by atoms with Gasteiger partial charge < -0.3 is 20.8 Å². The number of rotatable bonds is 10. The van der Waals surface area contributed by atoms with Crippen molar-refractivity contribution in [3.8, 4) is 11.8 Å². The molecule has 0 aromatic heterocycles. The molecule has 1 atom stereocenters.